The minimum Gasteiger partial charge on any atom is -0.316 e. The zero-order valence-electron chi connectivity index (χ0n) is 12.6. The third kappa shape index (κ3) is 4.24. The Kier molecular flexibility index (Phi) is 5.08. The molecule has 3 atom stereocenters. The van der Waals surface area contributed by atoms with E-state index < -0.39 is 0 Å². The van der Waals surface area contributed by atoms with Crippen LogP contribution in [0.3, 0.4) is 0 Å². The summed E-state index contributed by atoms with van der Waals surface area (Å²) in [4.78, 5) is 0. The van der Waals surface area contributed by atoms with Crippen LogP contribution in [0, 0.1) is 17.3 Å². The zero-order chi connectivity index (χ0) is 13.0. The molecule has 1 saturated heterocycles. The first-order chi connectivity index (χ1) is 8.57. The van der Waals surface area contributed by atoms with Crippen LogP contribution in [0.2, 0.25) is 0 Å². The second-order valence-corrected chi connectivity index (χ2v) is 7.43. The highest BCUT2D eigenvalue weighted by Gasteiger charge is 2.30. The molecule has 18 heavy (non-hydrogen) atoms. The van der Waals surface area contributed by atoms with Crippen LogP contribution in [-0.2, 0) is 0 Å². The number of hydrogen-bond donors (Lipinski definition) is 2. The molecule has 2 fully saturated rings. The molecule has 2 nitrogen and oxygen atoms in total. The van der Waals surface area contributed by atoms with Crippen molar-refractivity contribution in [3.05, 3.63) is 0 Å². The van der Waals surface area contributed by atoms with Gasteiger partial charge in [-0.15, -0.1) is 0 Å². The quantitative estimate of drug-likeness (QED) is 0.785. The molecule has 3 unspecified atom stereocenters. The Labute approximate surface area is 113 Å². The van der Waals surface area contributed by atoms with Gasteiger partial charge in [0.05, 0.1) is 0 Å². The molecule has 1 aliphatic carbocycles. The normalized spacial score (nSPS) is 33.5. The molecule has 0 aromatic carbocycles. The monoisotopic (exact) mass is 252 g/mol. The topological polar surface area (TPSA) is 24.1 Å². The van der Waals surface area contributed by atoms with Crippen molar-refractivity contribution in [3.63, 3.8) is 0 Å². The molecule has 106 valence electrons. The Bertz CT molecular complexity index is 243. The summed E-state index contributed by atoms with van der Waals surface area (Å²) in [6.45, 7) is 11.0. The average molecular weight is 252 g/mol. The Morgan fingerprint density at radius 1 is 1.33 bits per heavy atom. The van der Waals surface area contributed by atoms with Gasteiger partial charge in [-0.05, 0) is 75.4 Å². The first-order valence-corrected chi connectivity index (χ1v) is 8.01. The summed E-state index contributed by atoms with van der Waals surface area (Å²) in [7, 11) is 0. The van der Waals surface area contributed by atoms with E-state index >= 15 is 0 Å². The maximum absolute atomic E-state index is 3.79. The van der Waals surface area contributed by atoms with Crippen LogP contribution in [0.1, 0.15) is 59.3 Å². The van der Waals surface area contributed by atoms with E-state index in [-0.39, 0.29) is 0 Å². The van der Waals surface area contributed by atoms with Gasteiger partial charge in [-0.1, -0.05) is 20.8 Å². The molecule has 0 spiro atoms. The van der Waals surface area contributed by atoms with Crippen molar-refractivity contribution in [1.82, 2.24) is 10.6 Å². The molecule has 2 N–H and O–H groups in total. The van der Waals surface area contributed by atoms with Gasteiger partial charge in [0, 0.05) is 6.04 Å². The van der Waals surface area contributed by atoms with Crippen LogP contribution < -0.4 is 10.6 Å². The Morgan fingerprint density at radius 2 is 2.17 bits per heavy atom. The fraction of sp³-hybridized carbons (Fsp3) is 1.00. The smallest absolute Gasteiger partial charge is 0.00723 e. The first kappa shape index (κ1) is 14.3. The van der Waals surface area contributed by atoms with Crippen LogP contribution in [-0.4, -0.2) is 25.7 Å². The lowest BCUT2D eigenvalue weighted by molar-refractivity contribution is 0.262. The van der Waals surface area contributed by atoms with Gasteiger partial charge in [0.1, 0.15) is 0 Å². The maximum Gasteiger partial charge on any atom is 0.00723 e. The molecule has 0 aromatic heterocycles. The largest absolute Gasteiger partial charge is 0.316 e. The van der Waals surface area contributed by atoms with Crippen LogP contribution in [0.25, 0.3) is 0 Å². The molecule has 1 saturated carbocycles. The Morgan fingerprint density at radius 3 is 2.78 bits per heavy atom. The SMILES string of the molecule is CC(CCNC1CCC(C)(C)C1)C1CCCNC1. The van der Waals surface area contributed by atoms with Crippen molar-refractivity contribution in [2.24, 2.45) is 17.3 Å². The molecule has 0 radical (unpaired) electrons. The highest BCUT2D eigenvalue weighted by Crippen LogP contribution is 2.36. The second kappa shape index (κ2) is 6.38. The van der Waals surface area contributed by atoms with Crippen LogP contribution in [0.15, 0.2) is 0 Å². The van der Waals surface area contributed by atoms with E-state index in [1.807, 2.05) is 0 Å². The molecule has 2 heteroatoms. The predicted octanol–water partition coefficient (Wildman–Crippen LogP) is 3.18. The first-order valence-electron chi connectivity index (χ1n) is 8.01. The van der Waals surface area contributed by atoms with Gasteiger partial charge in [0.15, 0.2) is 0 Å². The summed E-state index contributed by atoms with van der Waals surface area (Å²) in [5, 5.41) is 7.32. The minimum absolute atomic E-state index is 0.580. The summed E-state index contributed by atoms with van der Waals surface area (Å²) < 4.78 is 0. The summed E-state index contributed by atoms with van der Waals surface area (Å²) in [5.74, 6) is 1.79. The third-order valence-electron chi connectivity index (χ3n) is 5.14. The number of nitrogens with one attached hydrogen (secondary N) is 2. The van der Waals surface area contributed by atoms with Gasteiger partial charge in [0.25, 0.3) is 0 Å². The number of hydrogen-bond acceptors (Lipinski definition) is 2. The molecular formula is C16H32N2. The lowest BCUT2D eigenvalue weighted by atomic mass is 9.85. The number of rotatable bonds is 5. The zero-order valence-corrected chi connectivity index (χ0v) is 12.6. The Hall–Kier alpha value is -0.0800. The lowest BCUT2D eigenvalue weighted by Crippen LogP contribution is -2.35. The fourth-order valence-electron chi connectivity index (χ4n) is 3.73. The van der Waals surface area contributed by atoms with Crippen molar-refractivity contribution in [1.29, 1.82) is 0 Å². The highest BCUT2D eigenvalue weighted by atomic mass is 14.9. The van der Waals surface area contributed by atoms with E-state index in [1.54, 1.807) is 0 Å². The van der Waals surface area contributed by atoms with E-state index in [1.165, 1.54) is 58.2 Å². The van der Waals surface area contributed by atoms with Gasteiger partial charge in [0.2, 0.25) is 0 Å². The summed E-state index contributed by atoms with van der Waals surface area (Å²) in [6.07, 6.45) is 8.30. The van der Waals surface area contributed by atoms with E-state index in [0.717, 1.165) is 17.9 Å². The van der Waals surface area contributed by atoms with Gasteiger partial charge in [-0.2, -0.15) is 0 Å². The van der Waals surface area contributed by atoms with Crippen molar-refractivity contribution in [3.8, 4) is 0 Å². The third-order valence-corrected chi connectivity index (χ3v) is 5.14. The minimum atomic E-state index is 0.580. The molecule has 2 aliphatic rings. The van der Waals surface area contributed by atoms with Crippen LogP contribution in [0.5, 0.6) is 0 Å². The molecule has 0 aromatic rings. The molecule has 1 aliphatic heterocycles. The van der Waals surface area contributed by atoms with Crippen LogP contribution in [0.4, 0.5) is 0 Å². The van der Waals surface area contributed by atoms with E-state index in [4.69, 9.17) is 0 Å². The van der Waals surface area contributed by atoms with E-state index in [9.17, 15) is 0 Å². The summed E-state index contributed by atoms with van der Waals surface area (Å²) in [5.41, 5.74) is 0.580. The summed E-state index contributed by atoms with van der Waals surface area (Å²) in [6, 6.07) is 0.789. The van der Waals surface area contributed by atoms with Crippen molar-refractivity contribution >= 4 is 0 Å². The van der Waals surface area contributed by atoms with Crippen molar-refractivity contribution < 1.29 is 0 Å². The van der Waals surface area contributed by atoms with Crippen LogP contribution >= 0.6 is 0 Å². The van der Waals surface area contributed by atoms with Crippen molar-refractivity contribution in [2.45, 2.75) is 65.3 Å². The van der Waals surface area contributed by atoms with Gasteiger partial charge < -0.3 is 10.6 Å². The lowest BCUT2D eigenvalue weighted by Gasteiger charge is -2.28. The highest BCUT2D eigenvalue weighted by molar-refractivity contribution is 4.86. The molecular weight excluding hydrogens is 220 g/mol. The van der Waals surface area contributed by atoms with Gasteiger partial charge in [-0.3, -0.25) is 0 Å². The Balaban J connectivity index is 1.60. The summed E-state index contributed by atoms with van der Waals surface area (Å²) >= 11 is 0. The standard InChI is InChI=1S/C16H32N2/c1-13(14-5-4-9-17-12-14)7-10-18-15-6-8-16(2,3)11-15/h13-15,17-18H,4-12H2,1-3H3. The van der Waals surface area contributed by atoms with Gasteiger partial charge >= 0.3 is 0 Å². The van der Waals surface area contributed by atoms with Crippen molar-refractivity contribution in [2.75, 3.05) is 19.6 Å². The maximum atomic E-state index is 3.79. The molecule has 1 heterocycles. The molecule has 0 amide bonds. The predicted molar refractivity (Wildman–Crippen MR) is 78.8 cm³/mol. The van der Waals surface area contributed by atoms with E-state index in [0.29, 0.717) is 5.41 Å². The van der Waals surface area contributed by atoms with Gasteiger partial charge in [-0.25, -0.2) is 0 Å². The second-order valence-electron chi connectivity index (χ2n) is 7.43. The fourth-order valence-corrected chi connectivity index (χ4v) is 3.73. The molecule has 2 rings (SSSR count). The number of piperidine rings is 1. The average Bonchev–Trinajstić information content (AvgIpc) is 2.70. The molecule has 0 bridgehead atoms. The van der Waals surface area contributed by atoms with E-state index in [2.05, 4.69) is 31.4 Å².